The zero-order valence-corrected chi connectivity index (χ0v) is 18.7. The van der Waals surface area contributed by atoms with Gasteiger partial charge in [-0.25, -0.2) is 4.99 Å². The third-order valence-electron chi connectivity index (χ3n) is 5.13. The van der Waals surface area contributed by atoms with Crippen LogP contribution in [0, 0.1) is 0 Å². The van der Waals surface area contributed by atoms with Crippen molar-refractivity contribution in [3.8, 4) is 5.75 Å². The summed E-state index contributed by atoms with van der Waals surface area (Å²) in [6, 6.07) is 16.6. The normalized spacial score (nSPS) is 15.0. The minimum absolute atomic E-state index is 0.305. The average molecular weight is 426 g/mol. The second-order valence-corrected chi connectivity index (χ2v) is 7.53. The van der Waals surface area contributed by atoms with Gasteiger partial charge in [0.15, 0.2) is 5.96 Å². The van der Waals surface area contributed by atoms with Crippen LogP contribution < -0.4 is 15.4 Å². The molecule has 1 heterocycles. The smallest absolute Gasteiger partial charge is 0.191 e. The van der Waals surface area contributed by atoms with Crippen molar-refractivity contribution < 1.29 is 14.2 Å². The molecule has 2 aromatic rings. The molecule has 1 aliphatic heterocycles. The van der Waals surface area contributed by atoms with Gasteiger partial charge < -0.3 is 24.8 Å². The molecule has 2 N–H and O–H groups in total. The van der Waals surface area contributed by atoms with Gasteiger partial charge in [-0.15, -0.1) is 0 Å². The zero-order chi connectivity index (χ0) is 21.7. The van der Waals surface area contributed by atoms with Gasteiger partial charge in [-0.05, 0) is 43.9 Å². The summed E-state index contributed by atoms with van der Waals surface area (Å²) in [5.41, 5.74) is 3.46. The molecule has 0 spiro atoms. The lowest BCUT2D eigenvalue weighted by atomic mass is 10.1. The Morgan fingerprint density at radius 3 is 2.65 bits per heavy atom. The van der Waals surface area contributed by atoms with Gasteiger partial charge in [0.1, 0.15) is 5.75 Å². The van der Waals surface area contributed by atoms with Gasteiger partial charge in [-0.1, -0.05) is 42.5 Å². The predicted molar refractivity (Wildman–Crippen MR) is 124 cm³/mol. The molecule has 0 amide bonds. The Morgan fingerprint density at radius 2 is 1.84 bits per heavy atom. The SMILES string of the molecule is CCNC(=NCc1cccc(COC2CCOCC2)c1)NCc1ccccc1OCC. The first-order chi connectivity index (χ1) is 15.3. The summed E-state index contributed by atoms with van der Waals surface area (Å²) in [4.78, 5) is 4.76. The summed E-state index contributed by atoms with van der Waals surface area (Å²) < 4.78 is 17.2. The highest BCUT2D eigenvalue weighted by Gasteiger charge is 2.14. The second kappa shape index (κ2) is 13.0. The summed E-state index contributed by atoms with van der Waals surface area (Å²) in [6.45, 7) is 9.02. The maximum absolute atomic E-state index is 6.05. The lowest BCUT2D eigenvalue weighted by Gasteiger charge is -2.22. The largest absolute Gasteiger partial charge is 0.494 e. The number of para-hydroxylation sites is 1. The van der Waals surface area contributed by atoms with Crippen molar-refractivity contribution in [3.05, 3.63) is 65.2 Å². The maximum atomic E-state index is 6.05. The van der Waals surface area contributed by atoms with Crippen molar-refractivity contribution >= 4 is 5.96 Å². The number of hydrogen-bond acceptors (Lipinski definition) is 4. The van der Waals surface area contributed by atoms with Crippen molar-refractivity contribution in [2.45, 2.75) is 52.5 Å². The van der Waals surface area contributed by atoms with Gasteiger partial charge in [0, 0.05) is 31.9 Å². The van der Waals surface area contributed by atoms with Gasteiger partial charge in [0.05, 0.1) is 25.9 Å². The fourth-order valence-electron chi connectivity index (χ4n) is 3.51. The van der Waals surface area contributed by atoms with Gasteiger partial charge in [0.25, 0.3) is 0 Å². The van der Waals surface area contributed by atoms with E-state index in [-0.39, 0.29) is 0 Å². The third kappa shape index (κ3) is 7.89. The third-order valence-corrected chi connectivity index (χ3v) is 5.13. The van der Waals surface area contributed by atoms with Crippen LogP contribution in [-0.2, 0) is 29.2 Å². The highest BCUT2D eigenvalue weighted by molar-refractivity contribution is 5.79. The van der Waals surface area contributed by atoms with E-state index >= 15 is 0 Å². The maximum Gasteiger partial charge on any atom is 0.191 e. The molecule has 0 bridgehead atoms. The molecule has 0 aromatic heterocycles. The lowest BCUT2D eigenvalue weighted by molar-refractivity contribution is -0.0390. The molecular formula is C25H35N3O3. The summed E-state index contributed by atoms with van der Waals surface area (Å²) in [5.74, 6) is 1.70. The molecule has 6 heteroatoms. The number of rotatable bonds is 10. The van der Waals surface area contributed by atoms with Crippen LogP contribution in [0.25, 0.3) is 0 Å². The molecule has 3 rings (SSSR count). The Kier molecular flexibility index (Phi) is 9.67. The van der Waals surface area contributed by atoms with Crippen LogP contribution in [0.4, 0.5) is 0 Å². The van der Waals surface area contributed by atoms with Gasteiger partial charge in [-0.3, -0.25) is 0 Å². The summed E-state index contributed by atoms with van der Waals surface area (Å²) >= 11 is 0. The van der Waals surface area contributed by atoms with E-state index in [9.17, 15) is 0 Å². The Bertz CT molecular complexity index is 819. The fourth-order valence-corrected chi connectivity index (χ4v) is 3.51. The molecule has 31 heavy (non-hydrogen) atoms. The van der Waals surface area contributed by atoms with Crippen molar-refractivity contribution in [1.29, 1.82) is 0 Å². The quantitative estimate of drug-likeness (QED) is 0.444. The first kappa shape index (κ1) is 23.1. The Balaban J connectivity index is 1.56. The number of nitrogens with zero attached hydrogens (tertiary/aromatic N) is 1. The van der Waals surface area contributed by atoms with Crippen molar-refractivity contribution in [3.63, 3.8) is 0 Å². The summed E-state index contributed by atoms with van der Waals surface area (Å²) in [6.07, 6.45) is 2.27. The number of guanidine groups is 1. The van der Waals surface area contributed by atoms with Crippen LogP contribution >= 0.6 is 0 Å². The van der Waals surface area contributed by atoms with Crippen LogP contribution in [-0.4, -0.2) is 38.4 Å². The van der Waals surface area contributed by atoms with E-state index in [1.54, 1.807) is 0 Å². The van der Waals surface area contributed by atoms with E-state index in [1.165, 1.54) is 11.1 Å². The molecule has 0 aliphatic carbocycles. The molecule has 0 saturated carbocycles. The minimum Gasteiger partial charge on any atom is -0.494 e. The summed E-state index contributed by atoms with van der Waals surface area (Å²) in [5, 5.41) is 6.73. The number of aliphatic imine (C=N–C) groups is 1. The molecular weight excluding hydrogens is 390 g/mol. The molecule has 0 unspecified atom stereocenters. The lowest BCUT2D eigenvalue weighted by Crippen LogP contribution is -2.36. The molecule has 0 atom stereocenters. The number of hydrogen-bond donors (Lipinski definition) is 2. The molecule has 168 valence electrons. The minimum atomic E-state index is 0.305. The van der Waals surface area contributed by atoms with Gasteiger partial charge >= 0.3 is 0 Å². The van der Waals surface area contributed by atoms with Gasteiger partial charge in [-0.2, -0.15) is 0 Å². The van der Waals surface area contributed by atoms with E-state index < -0.39 is 0 Å². The topological polar surface area (TPSA) is 64.1 Å². The predicted octanol–water partition coefficient (Wildman–Crippen LogP) is 4.04. The number of ether oxygens (including phenoxy) is 3. The van der Waals surface area contributed by atoms with Gasteiger partial charge in [0.2, 0.25) is 0 Å². The van der Waals surface area contributed by atoms with Crippen molar-refractivity contribution in [2.24, 2.45) is 4.99 Å². The fraction of sp³-hybridized carbons (Fsp3) is 0.480. The summed E-state index contributed by atoms with van der Waals surface area (Å²) in [7, 11) is 0. The van der Waals surface area contributed by atoms with Crippen LogP contribution in [0.5, 0.6) is 5.75 Å². The Hall–Kier alpha value is -2.57. The van der Waals surface area contributed by atoms with Crippen LogP contribution in [0.2, 0.25) is 0 Å². The van der Waals surface area contributed by atoms with E-state index in [1.807, 2.05) is 25.1 Å². The highest BCUT2D eigenvalue weighted by Crippen LogP contribution is 2.18. The van der Waals surface area contributed by atoms with E-state index in [4.69, 9.17) is 19.2 Å². The van der Waals surface area contributed by atoms with E-state index in [0.717, 1.165) is 49.9 Å². The standard InChI is InChI=1S/C25H35N3O3/c1-3-26-25(28-18-22-10-5-6-11-24(22)30-4-2)27-17-20-8-7-9-21(16-20)19-31-23-12-14-29-15-13-23/h5-11,16,23H,3-4,12-15,17-19H2,1-2H3,(H2,26,27,28). The Morgan fingerprint density at radius 1 is 1.03 bits per heavy atom. The van der Waals surface area contributed by atoms with Crippen molar-refractivity contribution in [1.82, 2.24) is 10.6 Å². The van der Waals surface area contributed by atoms with Crippen LogP contribution in [0.1, 0.15) is 43.4 Å². The van der Waals surface area contributed by atoms with E-state index in [0.29, 0.717) is 32.4 Å². The van der Waals surface area contributed by atoms with Crippen LogP contribution in [0.15, 0.2) is 53.5 Å². The highest BCUT2D eigenvalue weighted by atomic mass is 16.5. The molecule has 0 radical (unpaired) electrons. The zero-order valence-electron chi connectivity index (χ0n) is 18.7. The monoisotopic (exact) mass is 425 g/mol. The molecule has 1 aliphatic rings. The van der Waals surface area contributed by atoms with E-state index in [2.05, 4.69) is 47.9 Å². The van der Waals surface area contributed by atoms with Crippen LogP contribution in [0.3, 0.4) is 0 Å². The average Bonchev–Trinajstić information content (AvgIpc) is 2.81. The first-order valence-corrected chi connectivity index (χ1v) is 11.3. The first-order valence-electron chi connectivity index (χ1n) is 11.3. The number of nitrogens with one attached hydrogen (secondary N) is 2. The number of benzene rings is 2. The molecule has 1 saturated heterocycles. The molecule has 6 nitrogen and oxygen atoms in total. The second-order valence-electron chi connectivity index (χ2n) is 7.53. The van der Waals surface area contributed by atoms with Crippen molar-refractivity contribution in [2.75, 3.05) is 26.4 Å². The Labute approximate surface area is 186 Å². The molecule has 1 fully saturated rings. The molecule has 2 aromatic carbocycles.